The van der Waals surface area contributed by atoms with Crippen molar-refractivity contribution < 1.29 is 18.6 Å². The molecule has 0 amide bonds. The first-order valence-electron chi connectivity index (χ1n) is 9.37. The molecule has 2 N–H and O–H groups in total. The molecule has 0 saturated carbocycles. The van der Waals surface area contributed by atoms with Gasteiger partial charge in [0.15, 0.2) is 29.0 Å². The smallest absolute Gasteiger partial charge is 0.231 e. The highest BCUT2D eigenvalue weighted by Crippen LogP contribution is 2.33. The van der Waals surface area contributed by atoms with Crippen LogP contribution in [0.2, 0.25) is 0 Å². The summed E-state index contributed by atoms with van der Waals surface area (Å²) in [6, 6.07) is 15.0. The Morgan fingerprint density at radius 1 is 1.17 bits per heavy atom. The largest absolute Gasteiger partial charge is 0.492 e. The minimum absolute atomic E-state index is 0.138. The van der Waals surface area contributed by atoms with Crippen molar-refractivity contribution in [1.29, 1.82) is 0 Å². The van der Waals surface area contributed by atoms with E-state index in [2.05, 4.69) is 22.6 Å². The summed E-state index contributed by atoms with van der Waals surface area (Å²) in [6.45, 7) is 1.29. The van der Waals surface area contributed by atoms with Gasteiger partial charge in [-0.1, -0.05) is 24.3 Å². The lowest BCUT2D eigenvalue weighted by Crippen LogP contribution is -2.30. The van der Waals surface area contributed by atoms with Crippen LogP contribution in [-0.2, 0) is 6.54 Å². The monoisotopic (exact) mass is 428 g/mol. The van der Waals surface area contributed by atoms with E-state index >= 15 is 0 Å². The summed E-state index contributed by atoms with van der Waals surface area (Å²) in [5.41, 5.74) is 6.68. The number of benzene rings is 2. The van der Waals surface area contributed by atoms with Gasteiger partial charge in [-0.2, -0.15) is 12.6 Å². The van der Waals surface area contributed by atoms with Crippen molar-refractivity contribution in [3.8, 4) is 17.2 Å². The second-order valence-corrected chi connectivity index (χ2v) is 7.17. The first-order valence-corrected chi connectivity index (χ1v) is 9.89. The molecule has 1 aliphatic rings. The molecule has 7 nitrogen and oxygen atoms in total. The lowest BCUT2D eigenvalue weighted by molar-refractivity contribution is 0.174. The minimum Gasteiger partial charge on any atom is -0.492 e. The first kappa shape index (κ1) is 20.2. The molecule has 0 bridgehead atoms. The topological polar surface area (TPSA) is 82.7 Å². The van der Waals surface area contributed by atoms with E-state index in [1.807, 2.05) is 48.5 Å². The van der Waals surface area contributed by atoms with E-state index in [9.17, 15) is 4.39 Å². The van der Waals surface area contributed by atoms with Crippen LogP contribution in [0.5, 0.6) is 17.2 Å². The van der Waals surface area contributed by atoms with Gasteiger partial charge in [-0.25, -0.2) is 14.4 Å². The third-order valence-electron chi connectivity index (χ3n) is 4.49. The van der Waals surface area contributed by atoms with Crippen LogP contribution in [0.3, 0.4) is 0 Å². The van der Waals surface area contributed by atoms with Crippen LogP contribution in [-0.4, -0.2) is 29.9 Å². The number of nitrogens with two attached hydrogens (primary N) is 1. The maximum absolute atomic E-state index is 14.6. The zero-order chi connectivity index (χ0) is 20.9. The van der Waals surface area contributed by atoms with Gasteiger partial charge in [0, 0.05) is 6.54 Å². The van der Waals surface area contributed by atoms with Crippen molar-refractivity contribution in [2.75, 3.05) is 24.8 Å². The molecule has 1 aromatic heterocycles. The van der Waals surface area contributed by atoms with Gasteiger partial charge in [-0.3, -0.25) is 0 Å². The van der Waals surface area contributed by atoms with E-state index in [1.165, 1.54) is 0 Å². The number of halogens is 1. The number of hydrogen-bond donors (Lipinski definition) is 2. The number of aromatic nitrogens is 2. The normalized spacial score (nSPS) is 13.2. The van der Waals surface area contributed by atoms with Crippen LogP contribution in [0.25, 0.3) is 0 Å². The van der Waals surface area contributed by atoms with Crippen molar-refractivity contribution in [2.24, 2.45) is 5.73 Å². The lowest BCUT2D eigenvalue weighted by atomic mass is 10.2. The lowest BCUT2D eigenvalue weighted by Gasteiger charge is -2.25. The Morgan fingerprint density at radius 3 is 2.77 bits per heavy atom. The third kappa shape index (κ3) is 4.74. The SMILES string of the molecule is NC(S)c1ncc(F)c(N(CCOc2ccccc2)Cc2ccc3c(c2)OCO3)n1. The molecule has 30 heavy (non-hydrogen) atoms. The van der Waals surface area contributed by atoms with Crippen LogP contribution >= 0.6 is 12.6 Å². The van der Waals surface area contributed by atoms with Gasteiger partial charge >= 0.3 is 0 Å². The highest BCUT2D eigenvalue weighted by Gasteiger charge is 2.19. The van der Waals surface area contributed by atoms with Gasteiger partial charge in [0.1, 0.15) is 17.7 Å². The third-order valence-corrected chi connectivity index (χ3v) is 4.72. The van der Waals surface area contributed by atoms with Gasteiger partial charge in [0.2, 0.25) is 6.79 Å². The Balaban J connectivity index is 1.56. The van der Waals surface area contributed by atoms with Crippen LogP contribution in [0.15, 0.2) is 54.7 Å². The van der Waals surface area contributed by atoms with E-state index < -0.39 is 11.2 Å². The summed E-state index contributed by atoms with van der Waals surface area (Å²) in [5, 5.41) is -0.711. The average molecular weight is 428 g/mol. The second-order valence-electron chi connectivity index (χ2n) is 6.62. The molecule has 156 valence electrons. The molecule has 1 atom stereocenters. The molecule has 2 aromatic carbocycles. The molecule has 9 heteroatoms. The standard InChI is InChI=1S/C21H21FN4O3S/c22-16-11-24-20(19(23)30)25-21(16)26(8-9-27-15-4-2-1-3-5-15)12-14-6-7-17-18(10-14)29-13-28-17/h1-7,10-11,19,30H,8-9,12-13,23H2. The summed E-state index contributed by atoms with van der Waals surface area (Å²) in [7, 11) is 0. The number of para-hydroxylation sites is 1. The van der Waals surface area contributed by atoms with E-state index in [0.29, 0.717) is 31.2 Å². The average Bonchev–Trinajstić information content (AvgIpc) is 3.22. The number of anilines is 1. The Labute approximate surface area is 179 Å². The highest BCUT2D eigenvalue weighted by atomic mass is 32.1. The molecule has 0 radical (unpaired) electrons. The molecule has 1 unspecified atom stereocenters. The molecule has 3 aromatic rings. The molecule has 0 fully saturated rings. The molecule has 0 saturated heterocycles. The van der Waals surface area contributed by atoms with Gasteiger partial charge in [0.05, 0.1) is 12.7 Å². The molecule has 1 aliphatic heterocycles. The van der Waals surface area contributed by atoms with Gasteiger partial charge in [-0.05, 0) is 29.8 Å². The van der Waals surface area contributed by atoms with Crippen molar-refractivity contribution in [2.45, 2.75) is 11.9 Å². The molecule has 0 spiro atoms. The summed E-state index contributed by atoms with van der Waals surface area (Å²) in [5.74, 6) is 1.92. The molecular weight excluding hydrogens is 407 g/mol. The second kappa shape index (κ2) is 9.19. The number of hydrogen-bond acceptors (Lipinski definition) is 8. The van der Waals surface area contributed by atoms with Crippen molar-refractivity contribution in [3.63, 3.8) is 0 Å². The van der Waals surface area contributed by atoms with Gasteiger partial charge in [0.25, 0.3) is 0 Å². The van der Waals surface area contributed by atoms with Crippen molar-refractivity contribution >= 4 is 18.4 Å². The minimum atomic E-state index is -0.711. The molecule has 4 rings (SSSR count). The zero-order valence-corrected chi connectivity index (χ0v) is 17.0. The van der Waals surface area contributed by atoms with Crippen LogP contribution in [0.4, 0.5) is 10.2 Å². The zero-order valence-electron chi connectivity index (χ0n) is 16.1. The number of thiol groups is 1. The van der Waals surface area contributed by atoms with Gasteiger partial charge < -0.3 is 24.8 Å². The van der Waals surface area contributed by atoms with Crippen LogP contribution in [0.1, 0.15) is 16.8 Å². The highest BCUT2D eigenvalue weighted by molar-refractivity contribution is 7.80. The van der Waals surface area contributed by atoms with Crippen LogP contribution in [0, 0.1) is 5.82 Å². The predicted octanol–water partition coefficient (Wildman–Crippen LogP) is 3.32. The Bertz CT molecular complexity index is 1010. The fourth-order valence-electron chi connectivity index (χ4n) is 3.05. The molecular formula is C21H21FN4O3S. The summed E-state index contributed by atoms with van der Waals surface area (Å²) in [6.07, 6.45) is 1.11. The summed E-state index contributed by atoms with van der Waals surface area (Å²) in [4.78, 5) is 9.99. The fraction of sp³-hybridized carbons (Fsp3) is 0.238. The quantitative estimate of drug-likeness (QED) is 0.421. The number of nitrogens with zero attached hydrogens (tertiary/aromatic N) is 3. The fourth-order valence-corrected chi connectivity index (χ4v) is 3.17. The van der Waals surface area contributed by atoms with Crippen molar-refractivity contribution in [3.05, 3.63) is 71.9 Å². The number of rotatable bonds is 8. The number of ether oxygens (including phenoxy) is 3. The Hall–Kier alpha value is -3.04. The maximum atomic E-state index is 14.6. The van der Waals surface area contributed by atoms with Gasteiger partial charge in [-0.15, -0.1) is 0 Å². The first-order chi connectivity index (χ1) is 14.6. The maximum Gasteiger partial charge on any atom is 0.231 e. The van der Waals surface area contributed by atoms with E-state index in [-0.39, 0.29) is 18.4 Å². The summed E-state index contributed by atoms with van der Waals surface area (Å²) < 4.78 is 31.2. The molecule has 2 heterocycles. The number of fused-ring (bicyclic) bond motifs is 1. The van der Waals surface area contributed by atoms with E-state index in [1.54, 1.807) is 4.90 Å². The predicted molar refractivity (Wildman–Crippen MR) is 113 cm³/mol. The Kier molecular flexibility index (Phi) is 6.20. The molecule has 0 aliphatic carbocycles. The van der Waals surface area contributed by atoms with E-state index in [4.69, 9.17) is 19.9 Å². The summed E-state index contributed by atoms with van der Waals surface area (Å²) >= 11 is 4.16. The van der Waals surface area contributed by atoms with Crippen molar-refractivity contribution in [1.82, 2.24) is 9.97 Å². The van der Waals surface area contributed by atoms with Crippen LogP contribution < -0.4 is 24.8 Å². The Morgan fingerprint density at radius 2 is 1.97 bits per heavy atom. The van der Waals surface area contributed by atoms with E-state index in [0.717, 1.165) is 17.5 Å².